The largest absolute Gasteiger partial charge is 0.496 e. The van der Waals surface area contributed by atoms with Gasteiger partial charge < -0.3 is 9.64 Å². The first-order chi connectivity index (χ1) is 13.7. The van der Waals surface area contributed by atoms with E-state index in [1.807, 2.05) is 26.8 Å². The van der Waals surface area contributed by atoms with Crippen LogP contribution in [0.4, 0.5) is 5.69 Å². The van der Waals surface area contributed by atoms with Crippen molar-refractivity contribution < 1.29 is 13.2 Å². The zero-order valence-corrected chi connectivity index (χ0v) is 19.1. The van der Waals surface area contributed by atoms with Gasteiger partial charge >= 0.3 is 0 Å². The predicted molar refractivity (Wildman–Crippen MR) is 119 cm³/mol. The van der Waals surface area contributed by atoms with E-state index in [2.05, 4.69) is 36.9 Å². The quantitative estimate of drug-likeness (QED) is 0.731. The van der Waals surface area contributed by atoms with E-state index in [1.165, 1.54) is 16.8 Å². The van der Waals surface area contributed by atoms with E-state index < -0.39 is 10.0 Å². The van der Waals surface area contributed by atoms with E-state index in [4.69, 9.17) is 4.74 Å². The number of methoxy groups -OCH3 is 1. The number of nitrogens with zero attached hydrogens (tertiary/aromatic N) is 2. The lowest BCUT2D eigenvalue weighted by Crippen LogP contribution is -2.49. The molecule has 158 valence electrons. The van der Waals surface area contributed by atoms with Gasteiger partial charge in [0.1, 0.15) is 5.75 Å². The van der Waals surface area contributed by atoms with Crippen molar-refractivity contribution in [2.45, 2.75) is 45.4 Å². The summed E-state index contributed by atoms with van der Waals surface area (Å²) in [5.74, 6) is 0.928. The Kier molecular flexibility index (Phi) is 6.24. The second-order valence-corrected chi connectivity index (χ2v) is 10.0. The van der Waals surface area contributed by atoms with Crippen LogP contribution in [0.15, 0.2) is 35.2 Å². The number of hydrogen-bond acceptors (Lipinski definition) is 4. The summed E-state index contributed by atoms with van der Waals surface area (Å²) in [5.41, 5.74) is 5.36. The minimum absolute atomic E-state index is 0.181. The molecule has 0 atom stereocenters. The fraction of sp³-hybridized carbons (Fsp3) is 0.478. The number of piperazine rings is 1. The highest BCUT2D eigenvalue weighted by molar-refractivity contribution is 7.89. The monoisotopic (exact) mass is 416 g/mol. The normalized spacial score (nSPS) is 15.8. The van der Waals surface area contributed by atoms with E-state index in [0.717, 1.165) is 16.9 Å². The Morgan fingerprint density at radius 2 is 1.62 bits per heavy atom. The molecule has 1 saturated heterocycles. The summed E-state index contributed by atoms with van der Waals surface area (Å²) >= 11 is 0. The van der Waals surface area contributed by atoms with Gasteiger partial charge in [0.15, 0.2) is 0 Å². The van der Waals surface area contributed by atoms with Crippen LogP contribution in [0, 0.1) is 20.8 Å². The minimum Gasteiger partial charge on any atom is -0.496 e. The van der Waals surface area contributed by atoms with Gasteiger partial charge in [-0.05, 0) is 67.1 Å². The Labute approximate surface area is 175 Å². The van der Waals surface area contributed by atoms with Crippen LogP contribution in [0.2, 0.25) is 0 Å². The van der Waals surface area contributed by atoms with Crippen LogP contribution in [0.5, 0.6) is 5.75 Å². The molecule has 5 nitrogen and oxygen atoms in total. The van der Waals surface area contributed by atoms with Gasteiger partial charge in [0.25, 0.3) is 0 Å². The Morgan fingerprint density at radius 3 is 2.21 bits per heavy atom. The molecule has 29 heavy (non-hydrogen) atoms. The van der Waals surface area contributed by atoms with Crippen molar-refractivity contribution in [3.8, 4) is 5.75 Å². The van der Waals surface area contributed by atoms with Gasteiger partial charge in [-0.2, -0.15) is 4.31 Å². The fourth-order valence-corrected chi connectivity index (χ4v) is 5.63. The molecule has 2 aromatic carbocycles. The molecule has 0 N–H and O–H groups in total. The molecule has 0 bridgehead atoms. The Morgan fingerprint density at radius 1 is 0.966 bits per heavy atom. The molecular weight excluding hydrogens is 384 g/mol. The maximum absolute atomic E-state index is 13.4. The summed E-state index contributed by atoms with van der Waals surface area (Å²) < 4.78 is 33.9. The van der Waals surface area contributed by atoms with Crippen LogP contribution in [-0.2, 0) is 10.0 Å². The van der Waals surface area contributed by atoms with Gasteiger partial charge in [0.05, 0.1) is 12.0 Å². The van der Waals surface area contributed by atoms with Gasteiger partial charge in [-0.3, -0.25) is 0 Å². The SMILES string of the molecule is COc1cc(C)c(S(=O)(=O)N2CCN(c3cccc(C)c3C)CC2)cc1C(C)C. The van der Waals surface area contributed by atoms with Crippen LogP contribution in [-0.4, -0.2) is 46.0 Å². The molecule has 1 fully saturated rings. The summed E-state index contributed by atoms with van der Waals surface area (Å²) in [5, 5.41) is 0. The molecule has 3 rings (SSSR count). The van der Waals surface area contributed by atoms with Crippen molar-refractivity contribution in [2.75, 3.05) is 38.2 Å². The highest BCUT2D eigenvalue weighted by Gasteiger charge is 2.31. The van der Waals surface area contributed by atoms with Gasteiger partial charge in [0.2, 0.25) is 10.0 Å². The Balaban J connectivity index is 1.85. The second-order valence-electron chi connectivity index (χ2n) is 8.12. The highest BCUT2D eigenvalue weighted by Crippen LogP contribution is 2.33. The summed E-state index contributed by atoms with van der Waals surface area (Å²) in [6, 6.07) is 9.93. The number of anilines is 1. The van der Waals surface area contributed by atoms with Crippen molar-refractivity contribution >= 4 is 15.7 Å². The smallest absolute Gasteiger partial charge is 0.243 e. The van der Waals surface area contributed by atoms with Gasteiger partial charge in [-0.15, -0.1) is 0 Å². The third-order valence-corrected chi connectivity index (χ3v) is 7.96. The third-order valence-electron chi connectivity index (χ3n) is 5.92. The van der Waals surface area contributed by atoms with E-state index >= 15 is 0 Å². The molecule has 1 aliphatic rings. The molecule has 0 unspecified atom stereocenters. The zero-order chi connectivity index (χ0) is 21.3. The highest BCUT2D eigenvalue weighted by atomic mass is 32.2. The van der Waals surface area contributed by atoms with Crippen molar-refractivity contribution in [3.05, 3.63) is 52.6 Å². The number of ether oxygens (including phenoxy) is 1. The number of benzene rings is 2. The van der Waals surface area contributed by atoms with Gasteiger partial charge in [-0.25, -0.2) is 8.42 Å². The van der Waals surface area contributed by atoms with Gasteiger partial charge in [-0.1, -0.05) is 26.0 Å². The number of aryl methyl sites for hydroxylation is 2. The van der Waals surface area contributed by atoms with E-state index in [0.29, 0.717) is 31.1 Å². The molecule has 6 heteroatoms. The molecule has 0 amide bonds. The first-order valence-electron chi connectivity index (χ1n) is 10.2. The maximum Gasteiger partial charge on any atom is 0.243 e. The summed E-state index contributed by atoms with van der Waals surface area (Å²) in [4.78, 5) is 2.68. The summed E-state index contributed by atoms with van der Waals surface area (Å²) in [6.45, 7) is 12.5. The molecule has 1 aliphatic heterocycles. The van der Waals surface area contributed by atoms with Gasteiger partial charge in [0, 0.05) is 31.9 Å². The van der Waals surface area contributed by atoms with Crippen LogP contribution in [0.3, 0.4) is 0 Å². The van der Waals surface area contributed by atoms with E-state index in [9.17, 15) is 8.42 Å². The van der Waals surface area contributed by atoms with Crippen molar-refractivity contribution in [2.24, 2.45) is 0 Å². The Hall–Kier alpha value is -2.05. The van der Waals surface area contributed by atoms with Crippen LogP contribution in [0.25, 0.3) is 0 Å². The standard InChI is InChI=1S/C23H32N2O3S/c1-16(2)20-15-23(18(4)14-22(20)28-6)29(26,27)25-12-10-24(11-13-25)21-9-7-8-17(3)19(21)5/h7-9,14-16H,10-13H2,1-6H3. The summed E-state index contributed by atoms with van der Waals surface area (Å²) in [7, 11) is -1.92. The lowest BCUT2D eigenvalue weighted by atomic mass is 10.0. The first-order valence-corrected chi connectivity index (χ1v) is 11.6. The van der Waals surface area contributed by atoms with Crippen LogP contribution in [0.1, 0.15) is 42.0 Å². The fourth-order valence-electron chi connectivity index (χ4n) is 3.97. The molecular formula is C23H32N2O3S. The zero-order valence-electron chi connectivity index (χ0n) is 18.3. The molecule has 0 aliphatic carbocycles. The average Bonchev–Trinajstić information content (AvgIpc) is 2.69. The molecule has 0 aromatic heterocycles. The maximum atomic E-state index is 13.4. The van der Waals surface area contributed by atoms with Crippen LogP contribution < -0.4 is 9.64 Å². The third kappa shape index (κ3) is 4.14. The lowest BCUT2D eigenvalue weighted by Gasteiger charge is -2.36. The Bertz CT molecular complexity index is 991. The number of sulfonamides is 1. The molecule has 1 heterocycles. The van der Waals surface area contributed by atoms with Crippen molar-refractivity contribution in [3.63, 3.8) is 0 Å². The topological polar surface area (TPSA) is 49.9 Å². The minimum atomic E-state index is -3.55. The predicted octanol–water partition coefficient (Wildman–Crippen LogP) is 4.25. The van der Waals surface area contributed by atoms with Crippen molar-refractivity contribution in [1.82, 2.24) is 4.31 Å². The van der Waals surface area contributed by atoms with Crippen LogP contribution >= 0.6 is 0 Å². The average molecular weight is 417 g/mol. The number of hydrogen-bond donors (Lipinski definition) is 0. The van der Waals surface area contributed by atoms with Crippen molar-refractivity contribution in [1.29, 1.82) is 0 Å². The molecule has 0 spiro atoms. The second kappa shape index (κ2) is 8.36. The molecule has 0 radical (unpaired) electrons. The first kappa shape index (κ1) is 21.7. The molecule has 2 aromatic rings. The van der Waals surface area contributed by atoms with E-state index in [1.54, 1.807) is 17.5 Å². The van der Waals surface area contributed by atoms with E-state index in [-0.39, 0.29) is 5.92 Å². The summed E-state index contributed by atoms with van der Waals surface area (Å²) in [6.07, 6.45) is 0. The lowest BCUT2D eigenvalue weighted by molar-refractivity contribution is 0.384. The molecule has 0 saturated carbocycles. The number of rotatable bonds is 5.